The predicted octanol–water partition coefficient (Wildman–Crippen LogP) is 1.92. The molecule has 2 heterocycles. The van der Waals surface area contributed by atoms with E-state index >= 15 is 0 Å². The van der Waals surface area contributed by atoms with Crippen molar-refractivity contribution < 1.29 is 4.74 Å². The zero-order chi connectivity index (χ0) is 12.3. The number of nitrogens with zero attached hydrogens (tertiary/aromatic N) is 2. The van der Waals surface area contributed by atoms with Gasteiger partial charge in [-0.05, 0) is 30.4 Å². The van der Waals surface area contributed by atoms with Gasteiger partial charge < -0.3 is 15.4 Å². The third kappa shape index (κ3) is 2.88. The monoisotopic (exact) mass is 235 g/mol. The summed E-state index contributed by atoms with van der Waals surface area (Å²) in [5.41, 5.74) is 6.68. The Labute approximate surface area is 103 Å². The number of aromatic nitrogens is 1. The number of piperidine rings is 1. The molecule has 0 amide bonds. The van der Waals surface area contributed by atoms with Crippen molar-refractivity contribution in [1.82, 2.24) is 4.98 Å². The van der Waals surface area contributed by atoms with Gasteiger partial charge in [0, 0.05) is 20.2 Å². The van der Waals surface area contributed by atoms with Crippen LogP contribution in [-0.4, -0.2) is 31.8 Å². The number of hydrogen-bond acceptors (Lipinski definition) is 4. The standard InChI is InChI=1S/C13H21N3O/c1-13(10-17-2)5-7-16(8-6-13)12-4-3-11(14)9-15-12/h3-4,9H,5-8,10,14H2,1-2H3. The van der Waals surface area contributed by atoms with Gasteiger partial charge in [0.15, 0.2) is 0 Å². The van der Waals surface area contributed by atoms with Gasteiger partial charge in [0.05, 0.1) is 18.5 Å². The molecule has 2 rings (SSSR count). The minimum Gasteiger partial charge on any atom is -0.397 e. The summed E-state index contributed by atoms with van der Waals surface area (Å²) in [7, 11) is 1.78. The normalized spacial score (nSPS) is 19.3. The van der Waals surface area contributed by atoms with Gasteiger partial charge in [-0.3, -0.25) is 0 Å². The molecule has 0 unspecified atom stereocenters. The number of rotatable bonds is 3. The van der Waals surface area contributed by atoms with Crippen molar-refractivity contribution in [3.05, 3.63) is 18.3 Å². The molecule has 2 N–H and O–H groups in total. The van der Waals surface area contributed by atoms with Crippen LogP contribution in [0.15, 0.2) is 18.3 Å². The van der Waals surface area contributed by atoms with Crippen LogP contribution in [0.25, 0.3) is 0 Å². The van der Waals surface area contributed by atoms with Gasteiger partial charge in [-0.1, -0.05) is 6.92 Å². The number of nitrogen functional groups attached to an aromatic ring is 1. The summed E-state index contributed by atoms with van der Waals surface area (Å²) < 4.78 is 5.29. The predicted molar refractivity (Wildman–Crippen MR) is 70.1 cm³/mol. The molecule has 1 saturated heterocycles. The van der Waals surface area contributed by atoms with Crippen LogP contribution in [0, 0.1) is 5.41 Å². The van der Waals surface area contributed by atoms with E-state index < -0.39 is 0 Å². The number of methoxy groups -OCH3 is 1. The first kappa shape index (κ1) is 12.2. The van der Waals surface area contributed by atoms with Crippen LogP contribution in [0.2, 0.25) is 0 Å². The zero-order valence-corrected chi connectivity index (χ0v) is 10.6. The van der Waals surface area contributed by atoms with Crippen LogP contribution in [0.5, 0.6) is 0 Å². The van der Waals surface area contributed by atoms with Gasteiger partial charge in [0.25, 0.3) is 0 Å². The smallest absolute Gasteiger partial charge is 0.128 e. The molecule has 0 saturated carbocycles. The number of pyridine rings is 1. The summed E-state index contributed by atoms with van der Waals surface area (Å²) in [6.45, 7) is 5.22. The van der Waals surface area contributed by atoms with E-state index in [1.807, 2.05) is 12.1 Å². The van der Waals surface area contributed by atoms with Crippen molar-refractivity contribution in [2.24, 2.45) is 5.41 Å². The second kappa shape index (κ2) is 4.92. The minimum atomic E-state index is 0.319. The Morgan fingerprint density at radius 1 is 1.41 bits per heavy atom. The Morgan fingerprint density at radius 3 is 2.65 bits per heavy atom. The largest absolute Gasteiger partial charge is 0.397 e. The third-order valence-electron chi connectivity index (χ3n) is 3.56. The number of ether oxygens (including phenoxy) is 1. The highest BCUT2D eigenvalue weighted by atomic mass is 16.5. The number of hydrogen-bond donors (Lipinski definition) is 1. The molecular weight excluding hydrogens is 214 g/mol. The van der Waals surface area contributed by atoms with E-state index in [0.717, 1.165) is 44.0 Å². The van der Waals surface area contributed by atoms with Crippen molar-refractivity contribution in [3.8, 4) is 0 Å². The highest BCUT2D eigenvalue weighted by molar-refractivity contribution is 5.46. The van der Waals surface area contributed by atoms with E-state index in [4.69, 9.17) is 10.5 Å². The highest BCUT2D eigenvalue weighted by Crippen LogP contribution is 2.32. The van der Waals surface area contributed by atoms with Crippen molar-refractivity contribution in [1.29, 1.82) is 0 Å². The van der Waals surface area contributed by atoms with Gasteiger partial charge in [-0.2, -0.15) is 0 Å². The zero-order valence-electron chi connectivity index (χ0n) is 10.6. The topological polar surface area (TPSA) is 51.4 Å². The van der Waals surface area contributed by atoms with Crippen molar-refractivity contribution in [3.63, 3.8) is 0 Å². The average Bonchev–Trinajstić information content (AvgIpc) is 2.31. The molecule has 1 aliphatic heterocycles. The molecule has 4 nitrogen and oxygen atoms in total. The molecule has 0 aliphatic carbocycles. The van der Waals surface area contributed by atoms with Crippen LogP contribution in [0.1, 0.15) is 19.8 Å². The first-order chi connectivity index (χ1) is 8.13. The van der Waals surface area contributed by atoms with E-state index in [1.165, 1.54) is 0 Å². The molecule has 1 fully saturated rings. The summed E-state index contributed by atoms with van der Waals surface area (Å²) in [5.74, 6) is 1.03. The SMILES string of the molecule is COCC1(C)CCN(c2ccc(N)cn2)CC1. The van der Waals surface area contributed by atoms with E-state index in [2.05, 4.69) is 16.8 Å². The van der Waals surface area contributed by atoms with Crippen LogP contribution in [-0.2, 0) is 4.74 Å². The molecule has 94 valence electrons. The quantitative estimate of drug-likeness (QED) is 0.869. The van der Waals surface area contributed by atoms with Gasteiger partial charge in [0.1, 0.15) is 5.82 Å². The summed E-state index contributed by atoms with van der Waals surface area (Å²) >= 11 is 0. The average molecular weight is 235 g/mol. The van der Waals surface area contributed by atoms with Crippen molar-refractivity contribution >= 4 is 11.5 Å². The van der Waals surface area contributed by atoms with Crippen LogP contribution in [0.3, 0.4) is 0 Å². The van der Waals surface area contributed by atoms with E-state index in [-0.39, 0.29) is 0 Å². The molecule has 17 heavy (non-hydrogen) atoms. The summed E-state index contributed by atoms with van der Waals surface area (Å²) in [4.78, 5) is 6.68. The maximum atomic E-state index is 5.64. The Morgan fingerprint density at radius 2 is 2.12 bits per heavy atom. The van der Waals surface area contributed by atoms with Crippen LogP contribution < -0.4 is 10.6 Å². The molecule has 1 aromatic heterocycles. The maximum Gasteiger partial charge on any atom is 0.128 e. The van der Waals surface area contributed by atoms with Crippen molar-refractivity contribution in [2.75, 3.05) is 37.4 Å². The molecule has 1 aromatic rings. The fourth-order valence-corrected chi connectivity index (χ4v) is 2.35. The lowest BCUT2D eigenvalue weighted by molar-refractivity contribution is 0.0730. The minimum absolute atomic E-state index is 0.319. The Kier molecular flexibility index (Phi) is 3.52. The van der Waals surface area contributed by atoms with E-state index in [9.17, 15) is 0 Å². The van der Waals surface area contributed by atoms with Gasteiger partial charge in [-0.15, -0.1) is 0 Å². The first-order valence-corrected chi connectivity index (χ1v) is 6.08. The summed E-state index contributed by atoms with van der Waals surface area (Å²) in [6.07, 6.45) is 4.01. The Hall–Kier alpha value is -1.29. The third-order valence-corrected chi connectivity index (χ3v) is 3.56. The van der Waals surface area contributed by atoms with E-state index in [1.54, 1.807) is 13.3 Å². The lowest BCUT2D eigenvalue weighted by Crippen LogP contribution is -2.41. The molecule has 1 aliphatic rings. The summed E-state index contributed by atoms with van der Waals surface area (Å²) in [6, 6.07) is 3.90. The molecule has 0 radical (unpaired) electrons. The first-order valence-electron chi connectivity index (χ1n) is 6.08. The van der Waals surface area contributed by atoms with Crippen LogP contribution in [0.4, 0.5) is 11.5 Å². The lowest BCUT2D eigenvalue weighted by Gasteiger charge is -2.39. The van der Waals surface area contributed by atoms with Gasteiger partial charge in [0.2, 0.25) is 0 Å². The van der Waals surface area contributed by atoms with Crippen molar-refractivity contribution in [2.45, 2.75) is 19.8 Å². The van der Waals surface area contributed by atoms with Gasteiger partial charge >= 0.3 is 0 Å². The molecule has 0 atom stereocenters. The van der Waals surface area contributed by atoms with Crippen LogP contribution >= 0.6 is 0 Å². The Balaban J connectivity index is 1.97. The highest BCUT2D eigenvalue weighted by Gasteiger charge is 2.30. The second-order valence-electron chi connectivity index (χ2n) is 5.18. The Bertz CT molecular complexity index is 355. The number of nitrogens with two attached hydrogens (primary N) is 1. The molecule has 4 heteroatoms. The van der Waals surface area contributed by atoms with E-state index in [0.29, 0.717) is 5.41 Å². The lowest BCUT2D eigenvalue weighted by atomic mass is 9.81. The fraction of sp³-hybridized carbons (Fsp3) is 0.615. The van der Waals surface area contributed by atoms with Gasteiger partial charge in [-0.25, -0.2) is 4.98 Å². The summed E-state index contributed by atoms with van der Waals surface area (Å²) in [5, 5.41) is 0. The maximum absolute atomic E-state index is 5.64. The molecule has 0 bridgehead atoms. The fourth-order valence-electron chi connectivity index (χ4n) is 2.35. The second-order valence-corrected chi connectivity index (χ2v) is 5.18. The number of anilines is 2. The molecule has 0 aromatic carbocycles. The molecular formula is C13H21N3O. The molecule has 0 spiro atoms.